The molecule has 4 rings (SSSR count). The molecule has 5 nitrogen and oxygen atoms in total. The summed E-state index contributed by atoms with van der Waals surface area (Å²) in [7, 11) is 0. The predicted molar refractivity (Wildman–Crippen MR) is 91.4 cm³/mol. The summed E-state index contributed by atoms with van der Waals surface area (Å²) in [5.41, 5.74) is 2.16. The third-order valence-corrected chi connectivity index (χ3v) is 5.19. The summed E-state index contributed by atoms with van der Waals surface area (Å²) >= 11 is 0. The third-order valence-electron chi connectivity index (χ3n) is 5.19. The van der Waals surface area contributed by atoms with E-state index in [1.165, 1.54) is 24.8 Å². The molecule has 0 spiro atoms. The van der Waals surface area contributed by atoms with Crippen molar-refractivity contribution < 1.29 is 4.74 Å². The number of rotatable bonds is 2. The molecule has 5 heteroatoms. The Morgan fingerprint density at radius 3 is 2.70 bits per heavy atom. The van der Waals surface area contributed by atoms with Gasteiger partial charge in [0.25, 0.3) is 0 Å². The second kappa shape index (κ2) is 5.39. The van der Waals surface area contributed by atoms with Crippen molar-refractivity contribution in [3.8, 4) is 5.75 Å². The first kappa shape index (κ1) is 14.8. The van der Waals surface area contributed by atoms with Gasteiger partial charge in [0.05, 0.1) is 18.4 Å². The number of fused-ring (bicyclic) bond motifs is 3. The first-order valence-corrected chi connectivity index (χ1v) is 8.89. The van der Waals surface area contributed by atoms with Crippen LogP contribution in [-0.4, -0.2) is 32.8 Å². The molecule has 0 unspecified atom stereocenters. The zero-order valence-electron chi connectivity index (χ0n) is 14.5. The van der Waals surface area contributed by atoms with Gasteiger partial charge in [-0.25, -0.2) is 9.50 Å². The van der Waals surface area contributed by atoms with E-state index in [-0.39, 0.29) is 6.10 Å². The smallest absolute Gasteiger partial charge is 0.180 e. The number of hydrogen-bond acceptors (Lipinski definition) is 4. The molecule has 2 aromatic heterocycles. The summed E-state index contributed by atoms with van der Waals surface area (Å²) < 4.78 is 8.20. The lowest BCUT2D eigenvalue weighted by molar-refractivity contribution is 0.108. The topological polar surface area (TPSA) is 42.7 Å². The van der Waals surface area contributed by atoms with Crippen LogP contribution in [0.5, 0.6) is 5.75 Å². The van der Waals surface area contributed by atoms with Crippen LogP contribution in [0, 0.1) is 0 Å². The van der Waals surface area contributed by atoms with Crippen LogP contribution >= 0.6 is 0 Å². The van der Waals surface area contributed by atoms with E-state index >= 15 is 0 Å². The predicted octanol–water partition coefficient (Wildman–Crippen LogP) is 3.77. The lowest BCUT2D eigenvalue weighted by atomic mass is 9.89. The van der Waals surface area contributed by atoms with Crippen molar-refractivity contribution in [1.29, 1.82) is 0 Å². The Bertz CT molecular complexity index is 721. The molecule has 3 heterocycles. The third kappa shape index (κ3) is 2.28. The monoisotopic (exact) mass is 314 g/mol. The van der Waals surface area contributed by atoms with Crippen LogP contribution in [0.25, 0.3) is 5.65 Å². The van der Waals surface area contributed by atoms with Crippen molar-refractivity contribution >= 4 is 11.5 Å². The molecule has 0 aromatic carbocycles. The van der Waals surface area contributed by atoms with Gasteiger partial charge in [-0.15, -0.1) is 0 Å². The maximum atomic E-state index is 6.33. The zero-order valence-corrected chi connectivity index (χ0v) is 14.5. The van der Waals surface area contributed by atoms with Crippen LogP contribution in [0.15, 0.2) is 12.4 Å². The van der Waals surface area contributed by atoms with Gasteiger partial charge in [0.15, 0.2) is 17.2 Å². The summed E-state index contributed by atoms with van der Waals surface area (Å²) in [4.78, 5) is 7.48. The number of aromatic nitrogens is 3. The Labute approximate surface area is 137 Å². The van der Waals surface area contributed by atoms with Gasteiger partial charge in [-0.05, 0) is 39.0 Å². The molecule has 0 radical (unpaired) electrons. The molecular formula is C18H26N4O. The average molecular weight is 314 g/mol. The number of anilines is 1. The van der Waals surface area contributed by atoms with Crippen LogP contribution < -0.4 is 9.64 Å². The highest BCUT2D eigenvalue weighted by atomic mass is 16.5. The Morgan fingerprint density at radius 1 is 1.17 bits per heavy atom. The molecule has 0 saturated heterocycles. The molecule has 23 heavy (non-hydrogen) atoms. The highest BCUT2D eigenvalue weighted by Crippen LogP contribution is 2.41. The average Bonchev–Trinajstić information content (AvgIpc) is 2.92. The molecule has 0 bridgehead atoms. The number of hydrogen-bond donors (Lipinski definition) is 0. The van der Waals surface area contributed by atoms with E-state index in [1.807, 2.05) is 16.9 Å². The second-order valence-corrected chi connectivity index (χ2v) is 7.46. The first-order chi connectivity index (χ1) is 11.1. The minimum absolute atomic E-state index is 0.290. The Hall–Kier alpha value is -1.78. The summed E-state index contributed by atoms with van der Waals surface area (Å²) in [6, 6.07) is 0.875. The van der Waals surface area contributed by atoms with Crippen molar-refractivity contribution in [2.24, 2.45) is 0 Å². The van der Waals surface area contributed by atoms with Crippen LogP contribution in [0.3, 0.4) is 0 Å². The minimum atomic E-state index is 0.290. The summed E-state index contributed by atoms with van der Waals surface area (Å²) in [6.07, 6.45) is 9.13. The summed E-state index contributed by atoms with van der Waals surface area (Å²) in [5.74, 6) is 2.29. The molecule has 2 aromatic rings. The maximum Gasteiger partial charge on any atom is 0.180 e. The van der Waals surface area contributed by atoms with Crippen molar-refractivity contribution in [2.75, 3.05) is 4.90 Å². The molecule has 124 valence electrons. The highest BCUT2D eigenvalue weighted by Gasteiger charge is 2.40. The van der Waals surface area contributed by atoms with E-state index in [2.05, 4.69) is 37.7 Å². The fourth-order valence-electron chi connectivity index (χ4n) is 4.06. The quantitative estimate of drug-likeness (QED) is 0.846. The number of ether oxygens (including phenoxy) is 1. The van der Waals surface area contributed by atoms with E-state index in [0.29, 0.717) is 18.0 Å². The Kier molecular flexibility index (Phi) is 3.47. The van der Waals surface area contributed by atoms with Gasteiger partial charge >= 0.3 is 0 Å². The van der Waals surface area contributed by atoms with Crippen LogP contribution in [0.4, 0.5) is 5.82 Å². The molecule has 2 aliphatic rings. The van der Waals surface area contributed by atoms with Crippen molar-refractivity contribution in [3.05, 3.63) is 18.0 Å². The molecule has 1 aliphatic carbocycles. The van der Waals surface area contributed by atoms with Crippen molar-refractivity contribution in [3.63, 3.8) is 0 Å². The highest BCUT2D eigenvalue weighted by molar-refractivity contribution is 5.62. The fourth-order valence-corrected chi connectivity index (χ4v) is 4.06. The van der Waals surface area contributed by atoms with Crippen LogP contribution in [0.2, 0.25) is 0 Å². The fraction of sp³-hybridized carbons (Fsp3) is 0.667. The summed E-state index contributed by atoms with van der Waals surface area (Å²) in [5, 5.41) is 4.48. The number of nitrogens with zero attached hydrogens (tertiary/aromatic N) is 4. The Balaban J connectivity index is 1.87. The van der Waals surface area contributed by atoms with E-state index in [9.17, 15) is 0 Å². The van der Waals surface area contributed by atoms with Gasteiger partial charge in [0.2, 0.25) is 0 Å². The lowest BCUT2D eigenvalue weighted by Crippen LogP contribution is -2.54. The van der Waals surface area contributed by atoms with E-state index in [4.69, 9.17) is 9.72 Å². The largest absolute Gasteiger partial charge is 0.483 e. The van der Waals surface area contributed by atoms with Gasteiger partial charge in [-0.3, -0.25) is 0 Å². The van der Waals surface area contributed by atoms with Gasteiger partial charge in [0.1, 0.15) is 6.10 Å². The molecule has 1 fully saturated rings. The van der Waals surface area contributed by atoms with Crippen molar-refractivity contribution in [2.45, 2.75) is 77.5 Å². The van der Waals surface area contributed by atoms with Gasteiger partial charge < -0.3 is 9.64 Å². The van der Waals surface area contributed by atoms with E-state index < -0.39 is 0 Å². The first-order valence-electron chi connectivity index (χ1n) is 8.89. The van der Waals surface area contributed by atoms with Gasteiger partial charge in [0, 0.05) is 11.6 Å². The van der Waals surface area contributed by atoms with Crippen LogP contribution in [0.1, 0.15) is 64.9 Å². The van der Waals surface area contributed by atoms with Gasteiger partial charge in [-0.2, -0.15) is 5.10 Å². The van der Waals surface area contributed by atoms with Gasteiger partial charge in [-0.1, -0.05) is 20.3 Å². The summed E-state index contributed by atoms with van der Waals surface area (Å²) in [6.45, 7) is 8.89. The Morgan fingerprint density at radius 2 is 1.96 bits per heavy atom. The molecule has 0 amide bonds. The minimum Gasteiger partial charge on any atom is -0.483 e. The van der Waals surface area contributed by atoms with Crippen molar-refractivity contribution in [1.82, 2.24) is 14.6 Å². The lowest BCUT2D eigenvalue weighted by Gasteiger charge is -2.46. The molecular weight excluding hydrogens is 288 g/mol. The standard InChI is InChI=1S/C18H26N4O/c1-11(2)13-9-19-21-10-16-18(20-17(13)21)22(12(3)4)14-7-5-6-8-15(14)23-16/h9-12,14-15H,5-8H2,1-4H3/t14-,15-/m0/s1. The zero-order chi connectivity index (χ0) is 16.1. The van der Waals surface area contributed by atoms with E-state index in [1.54, 1.807) is 0 Å². The SMILES string of the molecule is CC(C)c1cnn2cc3c(nc12)N(C(C)C)[C@H]1CCCC[C@@H]1O3. The normalized spacial score (nSPS) is 24.0. The molecule has 1 saturated carbocycles. The molecule has 1 aliphatic heterocycles. The van der Waals surface area contributed by atoms with Crippen LogP contribution in [-0.2, 0) is 0 Å². The molecule has 0 N–H and O–H groups in total. The van der Waals surface area contributed by atoms with E-state index in [0.717, 1.165) is 23.6 Å². The molecule has 2 atom stereocenters. The second-order valence-electron chi connectivity index (χ2n) is 7.46. The maximum absolute atomic E-state index is 6.33.